The van der Waals surface area contributed by atoms with Gasteiger partial charge >= 0.3 is 5.16 Å². The molecule has 0 amide bonds. The van der Waals surface area contributed by atoms with Crippen molar-refractivity contribution < 1.29 is 9.29 Å². The number of aromatic amines is 1. The predicted molar refractivity (Wildman–Crippen MR) is 93.9 cm³/mol. The lowest BCUT2D eigenvalue weighted by Gasteiger charge is -2.29. The first kappa shape index (κ1) is 15.8. The van der Waals surface area contributed by atoms with Crippen LogP contribution >= 0.6 is 11.3 Å². The van der Waals surface area contributed by atoms with Crippen LogP contribution in [0.2, 0.25) is 0 Å². The maximum atomic E-state index is 12.6. The van der Waals surface area contributed by atoms with Gasteiger partial charge in [-0.3, -0.25) is 4.98 Å². The van der Waals surface area contributed by atoms with E-state index >= 15 is 0 Å². The summed E-state index contributed by atoms with van der Waals surface area (Å²) in [4.78, 5) is 18.5. The number of rotatable bonds is 4. The number of fused-ring (bicyclic) bond motifs is 1. The van der Waals surface area contributed by atoms with Crippen LogP contribution in [0, 0.1) is 6.92 Å². The number of hydrogen-bond donors (Lipinski definition) is 1. The Kier molecular flexibility index (Phi) is 4.40. The minimum Gasteiger partial charge on any atom is -0.609 e. The second kappa shape index (κ2) is 6.67. The molecule has 7 nitrogen and oxygen atoms in total. The van der Waals surface area contributed by atoms with Gasteiger partial charge < -0.3 is 14.2 Å². The number of imidazole rings is 1. The summed E-state index contributed by atoms with van der Waals surface area (Å²) >= 11 is 0.311. The number of nitrogens with zero attached hydrogens (tertiary/aromatic N) is 4. The van der Waals surface area contributed by atoms with Gasteiger partial charge in [-0.05, 0) is 6.92 Å². The molecule has 126 valence electrons. The van der Waals surface area contributed by atoms with Crippen molar-refractivity contribution in [2.45, 2.75) is 17.8 Å². The molecule has 24 heavy (non-hydrogen) atoms. The van der Waals surface area contributed by atoms with Crippen molar-refractivity contribution in [3.63, 3.8) is 0 Å². The molecule has 1 aliphatic rings. The van der Waals surface area contributed by atoms with Crippen molar-refractivity contribution in [3.05, 3.63) is 28.3 Å². The summed E-state index contributed by atoms with van der Waals surface area (Å²) in [6.07, 6.45) is 1.55. The molecule has 9 heteroatoms. The molecule has 1 saturated heterocycles. The third-order valence-electron chi connectivity index (χ3n) is 4.06. The number of nitrogens with one attached hydrogen (secondary N) is 1. The lowest BCUT2D eigenvalue weighted by atomic mass is 10.2. The Morgan fingerprint density at radius 2 is 2.17 bits per heavy atom. The molecule has 0 spiro atoms. The molecule has 0 bridgehead atoms. The Morgan fingerprint density at radius 3 is 2.96 bits per heavy atom. The van der Waals surface area contributed by atoms with Gasteiger partial charge in [0.25, 0.3) is 0 Å². The molecule has 0 saturated carbocycles. The smallest absolute Gasteiger partial charge is 0.322 e. The summed E-state index contributed by atoms with van der Waals surface area (Å²) in [6.45, 7) is 5.02. The Bertz CT molecular complexity index is 815. The highest BCUT2D eigenvalue weighted by molar-refractivity contribution is 7.90. The molecule has 1 aliphatic heterocycles. The van der Waals surface area contributed by atoms with E-state index in [2.05, 4.69) is 24.8 Å². The summed E-state index contributed by atoms with van der Waals surface area (Å²) in [5.41, 5.74) is 3.55. The highest BCUT2D eigenvalue weighted by Gasteiger charge is 2.22. The van der Waals surface area contributed by atoms with Gasteiger partial charge in [-0.15, -0.1) is 11.3 Å². The molecule has 3 aromatic heterocycles. The van der Waals surface area contributed by atoms with Crippen molar-refractivity contribution in [2.24, 2.45) is 0 Å². The van der Waals surface area contributed by atoms with E-state index < -0.39 is 11.2 Å². The highest BCUT2D eigenvalue weighted by Crippen LogP contribution is 2.24. The van der Waals surface area contributed by atoms with Crippen LogP contribution in [0.3, 0.4) is 0 Å². The van der Waals surface area contributed by atoms with Crippen LogP contribution in [0.25, 0.3) is 11.0 Å². The Balaban J connectivity index is 1.56. The lowest BCUT2D eigenvalue weighted by molar-refractivity contribution is 0.122. The van der Waals surface area contributed by atoms with E-state index in [4.69, 9.17) is 4.74 Å². The molecule has 0 aromatic carbocycles. The first-order chi connectivity index (χ1) is 11.7. The van der Waals surface area contributed by atoms with Crippen LogP contribution in [-0.4, -0.2) is 50.8 Å². The quantitative estimate of drug-likeness (QED) is 0.712. The second-order valence-electron chi connectivity index (χ2n) is 5.57. The molecule has 1 atom stereocenters. The summed E-state index contributed by atoms with van der Waals surface area (Å²) in [7, 11) is 0. The Morgan fingerprint density at radius 1 is 1.33 bits per heavy atom. The van der Waals surface area contributed by atoms with E-state index in [9.17, 15) is 4.55 Å². The molecule has 1 unspecified atom stereocenters. The van der Waals surface area contributed by atoms with Gasteiger partial charge in [0.1, 0.15) is 17.7 Å². The van der Waals surface area contributed by atoms with Crippen molar-refractivity contribution in [1.82, 2.24) is 19.9 Å². The minimum absolute atomic E-state index is 0.325. The molecule has 3 aromatic rings. The summed E-state index contributed by atoms with van der Waals surface area (Å²) in [6, 6.07) is 0. The topological polar surface area (TPSA) is 90.0 Å². The lowest BCUT2D eigenvalue weighted by Crippen LogP contribution is -2.37. The molecule has 1 fully saturated rings. The Labute approximate surface area is 146 Å². The monoisotopic (exact) mass is 363 g/mol. The van der Waals surface area contributed by atoms with E-state index in [0.29, 0.717) is 24.1 Å². The van der Waals surface area contributed by atoms with Crippen LogP contribution in [0.4, 0.5) is 5.82 Å². The van der Waals surface area contributed by atoms with Gasteiger partial charge in [0.2, 0.25) is 0 Å². The summed E-state index contributed by atoms with van der Waals surface area (Å²) in [5, 5.41) is 4.41. The van der Waals surface area contributed by atoms with E-state index in [-0.39, 0.29) is 0 Å². The zero-order valence-corrected chi connectivity index (χ0v) is 14.8. The number of hydrogen-bond acceptors (Lipinski definition) is 7. The van der Waals surface area contributed by atoms with Crippen LogP contribution in [0.1, 0.15) is 11.3 Å². The van der Waals surface area contributed by atoms with E-state index in [1.807, 2.05) is 17.7 Å². The summed E-state index contributed by atoms with van der Waals surface area (Å²) in [5.74, 6) is 1.23. The predicted octanol–water partition coefficient (Wildman–Crippen LogP) is 1.87. The maximum Gasteiger partial charge on any atom is 0.322 e. The molecular formula is C15H17N5O2S2. The fraction of sp³-hybridized carbons (Fsp3) is 0.400. The fourth-order valence-electron chi connectivity index (χ4n) is 2.74. The molecule has 0 aliphatic carbocycles. The van der Waals surface area contributed by atoms with Crippen LogP contribution in [-0.2, 0) is 21.7 Å². The SMILES string of the molecule is Cc1c(C[S+]([O-])c2nc3cscc3[nH]2)ncnc1N1CCOCC1. The van der Waals surface area contributed by atoms with Gasteiger partial charge in [0.15, 0.2) is 5.75 Å². The number of H-pyrrole nitrogens is 1. The fourth-order valence-corrected chi connectivity index (χ4v) is 4.53. The maximum absolute atomic E-state index is 12.6. The highest BCUT2D eigenvalue weighted by atomic mass is 32.2. The number of aromatic nitrogens is 4. The van der Waals surface area contributed by atoms with Crippen molar-refractivity contribution in [1.29, 1.82) is 0 Å². The molecule has 1 N–H and O–H groups in total. The Hall–Kier alpha value is -1.68. The van der Waals surface area contributed by atoms with E-state index in [1.54, 1.807) is 17.7 Å². The van der Waals surface area contributed by atoms with Gasteiger partial charge in [0.05, 0.1) is 24.4 Å². The standard InChI is InChI=1S/C15H17N5O2S2/c1-10-13(16-9-17-14(10)20-2-4-22-5-3-20)8-24(21)15-18-11-6-23-7-12(11)19-15/h6-7,9H,2-5,8H2,1H3,(H,18,19). The second-order valence-corrected chi connectivity index (χ2v) is 7.68. The molecule has 0 radical (unpaired) electrons. The zero-order chi connectivity index (χ0) is 16.5. The van der Waals surface area contributed by atoms with Gasteiger partial charge in [-0.2, -0.15) is 4.98 Å². The first-order valence-corrected chi connectivity index (χ1v) is 9.92. The van der Waals surface area contributed by atoms with Crippen molar-refractivity contribution in [2.75, 3.05) is 31.2 Å². The first-order valence-electron chi connectivity index (χ1n) is 7.66. The largest absolute Gasteiger partial charge is 0.609 e. The van der Waals surface area contributed by atoms with Crippen molar-refractivity contribution >= 4 is 39.4 Å². The molecule has 4 heterocycles. The van der Waals surface area contributed by atoms with Gasteiger partial charge in [0, 0.05) is 40.6 Å². The van der Waals surface area contributed by atoms with E-state index in [0.717, 1.165) is 41.2 Å². The van der Waals surface area contributed by atoms with Crippen LogP contribution in [0.15, 0.2) is 22.2 Å². The average Bonchev–Trinajstić information content (AvgIpc) is 3.19. The van der Waals surface area contributed by atoms with Crippen LogP contribution in [0.5, 0.6) is 0 Å². The third kappa shape index (κ3) is 3.00. The third-order valence-corrected chi connectivity index (χ3v) is 5.95. The van der Waals surface area contributed by atoms with Gasteiger partial charge in [-0.1, -0.05) is 0 Å². The summed E-state index contributed by atoms with van der Waals surface area (Å²) < 4.78 is 18.0. The minimum atomic E-state index is -1.26. The zero-order valence-electron chi connectivity index (χ0n) is 13.2. The normalized spacial score (nSPS) is 16.7. The van der Waals surface area contributed by atoms with Gasteiger partial charge in [-0.25, -0.2) is 9.97 Å². The number of morpholine rings is 1. The molecule has 4 rings (SSSR count). The number of thiophene rings is 1. The van der Waals surface area contributed by atoms with E-state index in [1.165, 1.54) is 0 Å². The molecular weight excluding hydrogens is 346 g/mol. The number of anilines is 1. The average molecular weight is 363 g/mol. The van der Waals surface area contributed by atoms with Crippen molar-refractivity contribution in [3.8, 4) is 0 Å². The van der Waals surface area contributed by atoms with Crippen LogP contribution < -0.4 is 4.90 Å². The number of ether oxygens (including phenoxy) is 1.